The molecule has 0 saturated carbocycles. The Bertz CT molecular complexity index is 1390. The predicted molar refractivity (Wildman–Crippen MR) is 121 cm³/mol. The molecule has 0 radical (unpaired) electrons. The average Bonchev–Trinajstić information content (AvgIpc) is 3.16. The van der Waals surface area contributed by atoms with Crippen LogP contribution in [0.3, 0.4) is 0 Å². The van der Waals surface area contributed by atoms with E-state index in [1.54, 1.807) is 12.3 Å². The van der Waals surface area contributed by atoms with E-state index in [1.165, 1.54) is 0 Å². The van der Waals surface area contributed by atoms with Gasteiger partial charge in [0, 0.05) is 22.7 Å². The van der Waals surface area contributed by atoms with Crippen molar-refractivity contribution in [2.45, 2.75) is 13.8 Å². The molecular formula is C25H20N4O. The molecule has 30 heavy (non-hydrogen) atoms. The number of hydrogen-bond donors (Lipinski definition) is 2. The van der Waals surface area contributed by atoms with Crippen molar-refractivity contribution >= 4 is 33.5 Å². The van der Waals surface area contributed by atoms with Crippen molar-refractivity contribution in [2.24, 2.45) is 0 Å². The summed E-state index contributed by atoms with van der Waals surface area (Å²) in [6.07, 6.45) is 1.70. The smallest absolute Gasteiger partial charge is 0.256 e. The quantitative estimate of drug-likeness (QED) is 0.417. The third-order valence-electron chi connectivity index (χ3n) is 5.37. The van der Waals surface area contributed by atoms with Crippen LogP contribution in [0.5, 0.6) is 0 Å². The number of aromatic nitrogens is 3. The van der Waals surface area contributed by atoms with E-state index < -0.39 is 0 Å². The fourth-order valence-corrected chi connectivity index (χ4v) is 3.86. The van der Waals surface area contributed by atoms with Crippen molar-refractivity contribution in [3.63, 3.8) is 0 Å². The molecule has 1 amide bonds. The number of amides is 1. The van der Waals surface area contributed by atoms with E-state index in [9.17, 15) is 4.79 Å². The summed E-state index contributed by atoms with van der Waals surface area (Å²) in [5.74, 6) is 1.16. The molecule has 0 aliphatic rings. The number of hydrogen-bond acceptors (Lipinski definition) is 3. The van der Waals surface area contributed by atoms with Crippen molar-refractivity contribution in [1.29, 1.82) is 0 Å². The molecule has 5 heteroatoms. The van der Waals surface area contributed by atoms with Gasteiger partial charge in [-0.2, -0.15) is 0 Å². The van der Waals surface area contributed by atoms with E-state index in [-0.39, 0.29) is 5.91 Å². The SMILES string of the molecule is Cc1cccc(C)c1-c1nc2ccc(C(=O)Nc3nccc4ccccc34)cc2[nH]1. The number of aromatic amines is 1. The molecular weight excluding hydrogens is 372 g/mol. The second-order valence-corrected chi connectivity index (χ2v) is 7.42. The molecule has 0 atom stereocenters. The van der Waals surface area contributed by atoms with Crippen LogP contribution >= 0.6 is 0 Å². The molecule has 2 aromatic heterocycles. The molecule has 0 saturated heterocycles. The monoisotopic (exact) mass is 392 g/mol. The summed E-state index contributed by atoms with van der Waals surface area (Å²) in [6, 6.07) is 21.5. The van der Waals surface area contributed by atoms with Crippen molar-refractivity contribution in [1.82, 2.24) is 15.0 Å². The maximum Gasteiger partial charge on any atom is 0.256 e. The Hall–Kier alpha value is -3.99. The van der Waals surface area contributed by atoms with Gasteiger partial charge in [-0.3, -0.25) is 4.79 Å². The van der Waals surface area contributed by atoms with E-state index in [0.29, 0.717) is 11.4 Å². The molecule has 5 nitrogen and oxygen atoms in total. The lowest BCUT2D eigenvalue weighted by Gasteiger charge is -2.07. The van der Waals surface area contributed by atoms with Crippen LogP contribution in [-0.2, 0) is 0 Å². The van der Waals surface area contributed by atoms with Crippen molar-refractivity contribution in [3.05, 3.63) is 89.6 Å². The van der Waals surface area contributed by atoms with Crippen LogP contribution in [0.2, 0.25) is 0 Å². The van der Waals surface area contributed by atoms with Crippen LogP contribution in [-0.4, -0.2) is 20.9 Å². The minimum absolute atomic E-state index is 0.205. The van der Waals surface area contributed by atoms with Crippen molar-refractivity contribution in [3.8, 4) is 11.4 Å². The highest BCUT2D eigenvalue weighted by atomic mass is 16.1. The molecule has 2 heterocycles. The molecule has 5 aromatic rings. The van der Waals surface area contributed by atoms with E-state index in [1.807, 2.05) is 48.5 Å². The largest absolute Gasteiger partial charge is 0.338 e. The lowest BCUT2D eigenvalue weighted by molar-refractivity contribution is 0.102. The van der Waals surface area contributed by atoms with Gasteiger partial charge in [-0.1, -0.05) is 42.5 Å². The normalized spacial score (nSPS) is 11.1. The Labute approximate surface area is 173 Å². The molecule has 0 bridgehead atoms. The predicted octanol–water partition coefficient (Wildman–Crippen LogP) is 5.65. The molecule has 0 unspecified atom stereocenters. The van der Waals surface area contributed by atoms with Crippen LogP contribution in [0.4, 0.5) is 5.82 Å². The maximum absolute atomic E-state index is 12.9. The lowest BCUT2D eigenvalue weighted by atomic mass is 10.0. The van der Waals surface area contributed by atoms with Gasteiger partial charge in [-0.15, -0.1) is 0 Å². The number of nitrogens with one attached hydrogen (secondary N) is 2. The number of benzene rings is 3. The zero-order valence-electron chi connectivity index (χ0n) is 16.7. The number of carbonyl (C=O) groups excluding carboxylic acids is 1. The highest BCUT2D eigenvalue weighted by Gasteiger charge is 2.14. The maximum atomic E-state index is 12.9. The number of H-pyrrole nitrogens is 1. The lowest BCUT2D eigenvalue weighted by Crippen LogP contribution is -2.13. The Balaban J connectivity index is 1.50. The molecule has 0 fully saturated rings. The minimum atomic E-state index is -0.205. The minimum Gasteiger partial charge on any atom is -0.338 e. The first-order valence-electron chi connectivity index (χ1n) is 9.81. The van der Waals surface area contributed by atoms with Crippen LogP contribution in [0.1, 0.15) is 21.5 Å². The summed E-state index contributed by atoms with van der Waals surface area (Å²) in [4.78, 5) is 25.4. The van der Waals surface area contributed by atoms with Gasteiger partial charge in [0.25, 0.3) is 5.91 Å². The van der Waals surface area contributed by atoms with Gasteiger partial charge in [0.1, 0.15) is 11.6 Å². The average molecular weight is 392 g/mol. The van der Waals surface area contributed by atoms with Crippen LogP contribution in [0, 0.1) is 13.8 Å². The van der Waals surface area contributed by atoms with Crippen molar-refractivity contribution in [2.75, 3.05) is 5.32 Å². The van der Waals surface area contributed by atoms with Gasteiger partial charge in [0.15, 0.2) is 0 Å². The first kappa shape index (κ1) is 18.1. The van der Waals surface area contributed by atoms with Gasteiger partial charge in [0.05, 0.1) is 11.0 Å². The summed E-state index contributed by atoms with van der Waals surface area (Å²) >= 11 is 0. The van der Waals surface area contributed by atoms with E-state index in [0.717, 1.165) is 44.3 Å². The highest BCUT2D eigenvalue weighted by molar-refractivity contribution is 6.09. The Kier molecular flexibility index (Phi) is 4.29. The zero-order valence-corrected chi connectivity index (χ0v) is 16.7. The van der Waals surface area contributed by atoms with Gasteiger partial charge in [0.2, 0.25) is 0 Å². The second kappa shape index (κ2) is 7.12. The zero-order chi connectivity index (χ0) is 20.7. The topological polar surface area (TPSA) is 70.7 Å². The summed E-state index contributed by atoms with van der Waals surface area (Å²) in [7, 11) is 0. The molecule has 5 rings (SSSR count). The van der Waals surface area contributed by atoms with Gasteiger partial charge in [-0.25, -0.2) is 9.97 Å². The molecule has 3 aromatic carbocycles. The van der Waals surface area contributed by atoms with Gasteiger partial charge >= 0.3 is 0 Å². The van der Waals surface area contributed by atoms with E-state index in [2.05, 4.69) is 41.3 Å². The molecule has 2 N–H and O–H groups in total. The van der Waals surface area contributed by atoms with Crippen molar-refractivity contribution < 1.29 is 4.79 Å². The Morgan fingerprint density at radius 2 is 1.73 bits per heavy atom. The number of rotatable bonds is 3. The standard InChI is InChI=1S/C25H20N4O/c1-15-6-5-7-16(2)22(15)24-27-20-11-10-18(14-21(20)28-24)25(30)29-23-19-9-4-3-8-17(19)12-13-26-23/h3-14H,1-2H3,(H,27,28)(H,26,29,30). The fourth-order valence-electron chi connectivity index (χ4n) is 3.86. The molecule has 146 valence electrons. The van der Waals surface area contributed by atoms with Crippen LogP contribution in [0.15, 0.2) is 72.9 Å². The second-order valence-electron chi connectivity index (χ2n) is 7.42. The third kappa shape index (κ3) is 3.10. The van der Waals surface area contributed by atoms with Crippen LogP contribution in [0.25, 0.3) is 33.2 Å². The number of nitrogens with zero attached hydrogens (tertiary/aromatic N) is 2. The summed E-state index contributed by atoms with van der Waals surface area (Å²) < 4.78 is 0. The Morgan fingerprint density at radius 3 is 2.57 bits per heavy atom. The fraction of sp³-hybridized carbons (Fsp3) is 0.0800. The number of carbonyl (C=O) groups is 1. The molecule has 0 aliphatic heterocycles. The summed E-state index contributed by atoms with van der Waals surface area (Å²) in [5.41, 5.74) is 5.62. The summed E-state index contributed by atoms with van der Waals surface area (Å²) in [5, 5.41) is 4.88. The first-order valence-corrected chi connectivity index (χ1v) is 9.81. The number of fused-ring (bicyclic) bond motifs is 2. The first-order chi connectivity index (χ1) is 14.6. The number of pyridine rings is 1. The molecule has 0 spiro atoms. The highest BCUT2D eigenvalue weighted by Crippen LogP contribution is 2.27. The Morgan fingerprint density at radius 1 is 0.933 bits per heavy atom. The van der Waals surface area contributed by atoms with E-state index in [4.69, 9.17) is 4.98 Å². The number of aryl methyl sites for hydroxylation is 2. The number of imidazole rings is 1. The van der Waals surface area contributed by atoms with Gasteiger partial charge in [-0.05, 0) is 54.6 Å². The molecule has 0 aliphatic carbocycles. The van der Waals surface area contributed by atoms with E-state index >= 15 is 0 Å². The van der Waals surface area contributed by atoms with Gasteiger partial charge < -0.3 is 10.3 Å². The summed E-state index contributed by atoms with van der Waals surface area (Å²) in [6.45, 7) is 4.15. The van der Waals surface area contributed by atoms with Crippen LogP contribution < -0.4 is 5.32 Å². The number of anilines is 1. The third-order valence-corrected chi connectivity index (χ3v) is 5.37.